The summed E-state index contributed by atoms with van der Waals surface area (Å²) in [6.45, 7) is 2.95. The Morgan fingerprint density at radius 2 is 1.28 bits per heavy atom. The second kappa shape index (κ2) is 12.5. The van der Waals surface area contributed by atoms with Crippen molar-refractivity contribution in [2.45, 2.75) is 0 Å². The van der Waals surface area contributed by atoms with Crippen molar-refractivity contribution in [1.29, 1.82) is 0 Å². The zero-order valence-electron chi connectivity index (χ0n) is 10.3. The van der Waals surface area contributed by atoms with Crippen LogP contribution in [0.25, 0.3) is 0 Å². The second-order valence-electron chi connectivity index (χ2n) is 3.08. The first-order valence-electron chi connectivity index (χ1n) is 5.42. The van der Waals surface area contributed by atoms with Crippen molar-refractivity contribution in [3.05, 3.63) is 0 Å². The van der Waals surface area contributed by atoms with Crippen LogP contribution >= 0.6 is 21.9 Å². The molecule has 6 nitrogen and oxygen atoms in total. The number of hydrogen-bond donors (Lipinski definition) is 0. The predicted octanol–water partition coefficient (Wildman–Crippen LogP) is 2.17. The molecular weight excluding hydrogens is 334 g/mol. The highest BCUT2D eigenvalue weighted by Crippen LogP contribution is 2.56. The summed E-state index contributed by atoms with van der Waals surface area (Å²) in [5, 5.41) is 0. The lowest BCUT2D eigenvalue weighted by molar-refractivity contribution is 0.000188. The number of halogens is 2. The summed E-state index contributed by atoms with van der Waals surface area (Å²) >= 11 is 2.27. The van der Waals surface area contributed by atoms with Crippen LogP contribution in [0.1, 0.15) is 0 Å². The standard InChI is InChI=1S/C9H19BrFO6P/c1-13-2-3-14-4-5-15-6-7-16-8-9-17-18(10,11)12/h2-9H2,1H3. The van der Waals surface area contributed by atoms with Crippen molar-refractivity contribution in [2.24, 2.45) is 0 Å². The van der Waals surface area contributed by atoms with Gasteiger partial charge in [0.1, 0.15) is 0 Å². The Labute approximate surface area is 114 Å². The van der Waals surface area contributed by atoms with E-state index in [0.717, 1.165) is 0 Å². The van der Waals surface area contributed by atoms with Crippen molar-refractivity contribution in [3.63, 3.8) is 0 Å². The van der Waals surface area contributed by atoms with Crippen LogP contribution < -0.4 is 0 Å². The van der Waals surface area contributed by atoms with Crippen molar-refractivity contribution in [1.82, 2.24) is 0 Å². The molecule has 0 fully saturated rings. The summed E-state index contributed by atoms with van der Waals surface area (Å²) in [4.78, 5) is 0. The van der Waals surface area contributed by atoms with E-state index >= 15 is 0 Å². The molecule has 0 saturated heterocycles. The Hall–Kier alpha value is 0.440. The third kappa shape index (κ3) is 16.4. The number of ether oxygens (including phenoxy) is 4. The lowest BCUT2D eigenvalue weighted by Crippen LogP contribution is -2.12. The minimum atomic E-state index is -4.07. The summed E-state index contributed by atoms with van der Waals surface area (Å²) in [5.74, 6) is 0. The van der Waals surface area contributed by atoms with Crippen LogP contribution in [-0.2, 0) is 28.0 Å². The Bertz CT molecular complexity index is 227. The third-order valence-electron chi connectivity index (χ3n) is 1.65. The van der Waals surface area contributed by atoms with Gasteiger partial charge in [0.25, 0.3) is 0 Å². The maximum Gasteiger partial charge on any atom is 0.432 e. The van der Waals surface area contributed by atoms with Crippen LogP contribution in [0.5, 0.6) is 0 Å². The maximum absolute atomic E-state index is 12.3. The fourth-order valence-corrected chi connectivity index (χ4v) is 1.61. The number of rotatable bonds is 13. The third-order valence-corrected chi connectivity index (χ3v) is 2.74. The molecule has 9 heteroatoms. The molecule has 0 aliphatic rings. The fraction of sp³-hybridized carbons (Fsp3) is 1.00. The van der Waals surface area contributed by atoms with Crippen LogP contribution in [0.15, 0.2) is 0 Å². The minimum Gasteiger partial charge on any atom is -0.382 e. The summed E-state index contributed by atoms with van der Waals surface area (Å²) in [5.41, 5.74) is 0. The predicted molar refractivity (Wildman–Crippen MR) is 67.9 cm³/mol. The van der Waals surface area contributed by atoms with Gasteiger partial charge in [0, 0.05) is 7.11 Å². The molecule has 0 aromatic rings. The van der Waals surface area contributed by atoms with Gasteiger partial charge in [0.05, 0.1) is 68.3 Å². The van der Waals surface area contributed by atoms with Crippen molar-refractivity contribution in [2.75, 3.05) is 60.0 Å². The van der Waals surface area contributed by atoms with Crippen LogP contribution in [0.4, 0.5) is 4.20 Å². The van der Waals surface area contributed by atoms with E-state index in [1.807, 2.05) is 0 Å². The summed E-state index contributed by atoms with van der Waals surface area (Å²) in [7, 11) is 1.61. The van der Waals surface area contributed by atoms with Gasteiger partial charge in [-0.1, -0.05) is 0 Å². The van der Waals surface area contributed by atoms with Gasteiger partial charge in [-0.05, 0) is 0 Å². The molecule has 0 radical (unpaired) electrons. The van der Waals surface area contributed by atoms with Gasteiger partial charge in [0.15, 0.2) is 0 Å². The highest BCUT2D eigenvalue weighted by Gasteiger charge is 2.14. The lowest BCUT2D eigenvalue weighted by atomic mass is 10.7. The Morgan fingerprint density at radius 3 is 1.67 bits per heavy atom. The van der Waals surface area contributed by atoms with Crippen molar-refractivity contribution < 1.29 is 32.2 Å². The molecule has 0 amide bonds. The average molecular weight is 353 g/mol. The SMILES string of the molecule is COCCOCCOCCOCCOP(=O)(F)Br. The molecule has 0 saturated carbocycles. The zero-order valence-corrected chi connectivity index (χ0v) is 12.8. The molecular formula is C9H19BrFO6P. The van der Waals surface area contributed by atoms with E-state index in [0.29, 0.717) is 39.6 Å². The first-order chi connectivity index (χ1) is 8.56. The molecule has 0 aliphatic carbocycles. The molecule has 0 N–H and O–H groups in total. The highest BCUT2D eigenvalue weighted by atomic mass is 79.9. The van der Waals surface area contributed by atoms with Crippen LogP contribution in [0, 0.1) is 0 Å². The van der Waals surface area contributed by atoms with E-state index in [9.17, 15) is 8.76 Å². The first kappa shape index (κ1) is 18.4. The van der Waals surface area contributed by atoms with E-state index in [1.54, 1.807) is 7.11 Å². The average Bonchev–Trinajstić information content (AvgIpc) is 2.29. The van der Waals surface area contributed by atoms with E-state index < -0.39 is 6.38 Å². The van der Waals surface area contributed by atoms with Crippen LogP contribution in [0.3, 0.4) is 0 Å². The maximum atomic E-state index is 12.3. The van der Waals surface area contributed by atoms with Crippen LogP contribution in [-0.4, -0.2) is 60.0 Å². The zero-order chi connectivity index (χ0) is 13.7. The number of methoxy groups -OCH3 is 1. The van der Waals surface area contributed by atoms with Gasteiger partial charge in [0.2, 0.25) is 0 Å². The summed E-state index contributed by atoms with van der Waals surface area (Å²) < 4.78 is 47.3. The quantitative estimate of drug-likeness (QED) is 0.374. The fourth-order valence-electron chi connectivity index (χ4n) is 0.887. The van der Waals surface area contributed by atoms with E-state index in [2.05, 4.69) is 20.0 Å². The summed E-state index contributed by atoms with van der Waals surface area (Å²) in [6.07, 6.45) is -4.07. The van der Waals surface area contributed by atoms with E-state index in [1.165, 1.54) is 0 Å². The highest BCUT2D eigenvalue weighted by molar-refractivity contribution is 9.39. The molecule has 0 rings (SSSR count). The van der Waals surface area contributed by atoms with Gasteiger partial charge < -0.3 is 18.9 Å². The molecule has 0 aliphatic heterocycles. The van der Waals surface area contributed by atoms with Gasteiger partial charge in [-0.25, -0.2) is 4.57 Å². The molecule has 18 heavy (non-hydrogen) atoms. The van der Waals surface area contributed by atoms with Gasteiger partial charge >= 0.3 is 6.38 Å². The second-order valence-corrected chi connectivity index (χ2v) is 6.71. The summed E-state index contributed by atoms with van der Waals surface area (Å²) in [6, 6.07) is 0. The normalized spacial score (nSPS) is 14.6. The van der Waals surface area contributed by atoms with E-state index in [4.69, 9.17) is 18.9 Å². The molecule has 1 unspecified atom stereocenters. The van der Waals surface area contributed by atoms with Crippen molar-refractivity contribution in [3.8, 4) is 0 Å². The van der Waals surface area contributed by atoms with Gasteiger partial charge in [-0.2, -0.15) is 0 Å². The minimum absolute atomic E-state index is 0.0703. The lowest BCUT2D eigenvalue weighted by Gasteiger charge is -2.07. The van der Waals surface area contributed by atoms with Crippen LogP contribution in [0.2, 0.25) is 0 Å². The molecule has 0 bridgehead atoms. The van der Waals surface area contributed by atoms with Gasteiger partial charge in [-0.15, -0.1) is 4.20 Å². The molecule has 0 heterocycles. The molecule has 1 atom stereocenters. The Balaban J connectivity index is 3.01. The molecule has 0 spiro atoms. The Morgan fingerprint density at radius 1 is 0.889 bits per heavy atom. The van der Waals surface area contributed by atoms with Crippen molar-refractivity contribution >= 4 is 21.9 Å². The first-order valence-corrected chi connectivity index (χ1v) is 8.96. The largest absolute Gasteiger partial charge is 0.432 e. The topological polar surface area (TPSA) is 63.2 Å². The molecule has 110 valence electrons. The Kier molecular flexibility index (Phi) is 12.8. The number of hydrogen-bond acceptors (Lipinski definition) is 6. The molecule has 0 aromatic carbocycles. The van der Waals surface area contributed by atoms with Gasteiger partial charge in [-0.3, -0.25) is 4.52 Å². The van der Waals surface area contributed by atoms with E-state index in [-0.39, 0.29) is 13.2 Å². The smallest absolute Gasteiger partial charge is 0.382 e. The monoisotopic (exact) mass is 352 g/mol. The molecule has 0 aromatic heterocycles.